The van der Waals surface area contributed by atoms with Crippen LogP contribution < -0.4 is 16.0 Å². The molecule has 0 radical (unpaired) electrons. The Hall–Kier alpha value is -2.28. The molecular formula is C20H34N4O3. The molecule has 0 aromatic heterocycles. The van der Waals surface area contributed by atoms with E-state index in [4.69, 9.17) is 4.74 Å². The number of hydrogen-bond donors (Lipinski definition) is 4. The van der Waals surface area contributed by atoms with Crippen LogP contribution in [0.1, 0.15) is 51.3 Å². The minimum Gasteiger partial charge on any atom is -0.444 e. The van der Waals surface area contributed by atoms with E-state index >= 15 is 0 Å². The molecule has 0 aliphatic heterocycles. The molecule has 0 saturated heterocycles. The number of rotatable bonds is 8. The summed E-state index contributed by atoms with van der Waals surface area (Å²) < 4.78 is 5.18. The van der Waals surface area contributed by atoms with Crippen LogP contribution in [-0.2, 0) is 4.74 Å². The van der Waals surface area contributed by atoms with Crippen LogP contribution in [0.2, 0.25) is 0 Å². The van der Waals surface area contributed by atoms with Gasteiger partial charge in [0, 0.05) is 19.6 Å². The van der Waals surface area contributed by atoms with Crippen molar-refractivity contribution in [1.29, 1.82) is 0 Å². The number of amides is 1. The van der Waals surface area contributed by atoms with E-state index in [-0.39, 0.29) is 6.54 Å². The third kappa shape index (κ3) is 10.5. The van der Waals surface area contributed by atoms with Gasteiger partial charge in [0.25, 0.3) is 0 Å². The average Bonchev–Trinajstić information content (AvgIpc) is 2.58. The van der Waals surface area contributed by atoms with Gasteiger partial charge in [-0.2, -0.15) is 0 Å². The average molecular weight is 379 g/mol. The van der Waals surface area contributed by atoms with Crippen molar-refractivity contribution in [3.05, 3.63) is 35.4 Å². The summed E-state index contributed by atoms with van der Waals surface area (Å²) in [5.74, 6) is 0.640. The molecule has 0 spiro atoms. The fourth-order valence-electron chi connectivity index (χ4n) is 2.21. The summed E-state index contributed by atoms with van der Waals surface area (Å²) in [5.41, 5.74) is 1.51. The van der Waals surface area contributed by atoms with Crippen molar-refractivity contribution >= 4 is 12.1 Å². The Morgan fingerprint density at radius 3 is 2.37 bits per heavy atom. The quantitative estimate of drug-likeness (QED) is 0.317. The van der Waals surface area contributed by atoms with Crippen molar-refractivity contribution in [1.82, 2.24) is 16.0 Å². The van der Waals surface area contributed by atoms with Crippen molar-refractivity contribution in [2.75, 3.05) is 26.2 Å². The summed E-state index contributed by atoms with van der Waals surface area (Å²) in [6.45, 7) is 11.6. The highest BCUT2D eigenvalue weighted by Crippen LogP contribution is 2.13. The molecule has 7 nitrogen and oxygen atoms in total. The fraction of sp³-hybridized carbons (Fsp3) is 0.600. The lowest BCUT2D eigenvalue weighted by molar-refractivity contribution is 0.0527. The van der Waals surface area contributed by atoms with Gasteiger partial charge in [0.1, 0.15) is 5.60 Å². The summed E-state index contributed by atoms with van der Waals surface area (Å²) in [6, 6.07) is 7.78. The zero-order valence-corrected chi connectivity index (χ0v) is 17.1. The number of guanidine groups is 1. The van der Waals surface area contributed by atoms with Crippen molar-refractivity contribution in [3.63, 3.8) is 0 Å². The van der Waals surface area contributed by atoms with Crippen LogP contribution >= 0.6 is 0 Å². The number of benzene rings is 1. The molecule has 1 unspecified atom stereocenters. The first-order valence-corrected chi connectivity index (χ1v) is 9.45. The van der Waals surface area contributed by atoms with Gasteiger partial charge in [-0.25, -0.2) is 4.79 Å². The van der Waals surface area contributed by atoms with Gasteiger partial charge in [0.15, 0.2) is 5.96 Å². The maximum atomic E-state index is 11.6. The zero-order chi connectivity index (χ0) is 20.3. The molecule has 1 rings (SSSR count). The van der Waals surface area contributed by atoms with E-state index in [2.05, 4.69) is 20.9 Å². The second-order valence-electron chi connectivity index (χ2n) is 7.36. The first-order chi connectivity index (χ1) is 12.7. The highest BCUT2D eigenvalue weighted by Gasteiger charge is 2.15. The molecule has 152 valence electrons. The summed E-state index contributed by atoms with van der Waals surface area (Å²) in [6.07, 6.45) is -0.330. The van der Waals surface area contributed by atoms with Crippen LogP contribution in [0, 0.1) is 6.92 Å². The lowest BCUT2D eigenvalue weighted by atomic mass is 10.1. The molecule has 0 bridgehead atoms. The van der Waals surface area contributed by atoms with Crippen LogP contribution in [0.4, 0.5) is 4.79 Å². The van der Waals surface area contributed by atoms with E-state index in [1.807, 2.05) is 58.9 Å². The Morgan fingerprint density at radius 1 is 1.15 bits per heavy atom. The lowest BCUT2D eigenvalue weighted by Crippen LogP contribution is -2.39. The molecule has 1 amide bonds. The largest absolute Gasteiger partial charge is 0.444 e. The van der Waals surface area contributed by atoms with Crippen molar-refractivity contribution in [3.8, 4) is 0 Å². The molecule has 1 aromatic rings. The third-order valence-corrected chi connectivity index (χ3v) is 3.54. The number of alkyl carbamates (subject to hydrolysis) is 1. The smallest absolute Gasteiger partial charge is 0.407 e. The zero-order valence-electron chi connectivity index (χ0n) is 17.1. The minimum atomic E-state index is -0.644. The number of carbonyl (C=O) groups is 1. The lowest BCUT2D eigenvalue weighted by Gasteiger charge is -2.19. The van der Waals surface area contributed by atoms with Crippen molar-refractivity contribution in [2.45, 2.75) is 52.7 Å². The number of carbonyl (C=O) groups excluding carboxylic acids is 1. The second-order valence-corrected chi connectivity index (χ2v) is 7.36. The molecule has 0 saturated carbocycles. The molecular weight excluding hydrogens is 344 g/mol. The molecule has 1 aromatic carbocycles. The number of ether oxygens (including phenoxy) is 1. The predicted molar refractivity (Wildman–Crippen MR) is 109 cm³/mol. The third-order valence-electron chi connectivity index (χ3n) is 3.54. The van der Waals surface area contributed by atoms with E-state index in [0.29, 0.717) is 19.0 Å². The number of aliphatic imine (C=N–C) groups is 1. The Morgan fingerprint density at radius 2 is 1.78 bits per heavy atom. The van der Waals surface area contributed by atoms with Gasteiger partial charge in [-0.3, -0.25) is 4.99 Å². The van der Waals surface area contributed by atoms with Gasteiger partial charge in [0.05, 0.1) is 12.6 Å². The molecule has 0 aliphatic carbocycles. The fourth-order valence-corrected chi connectivity index (χ4v) is 2.21. The standard InChI is InChI=1S/C20H34N4O3/c1-6-21-18(22-12-7-13-23-19(26)27-20(3,4)5)24-14-17(25)16-10-8-15(2)9-11-16/h8-11,17,25H,6-7,12-14H2,1-5H3,(H,23,26)(H2,21,22,24). The first kappa shape index (κ1) is 22.8. The van der Waals surface area contributed by atoms with E-state index in [1.165, 1.54) is 0 Å². The van der Waals surface area contributed by atoms with Crippen LogP contribution in [0.25, 0.3) is 0 Å². The summed E-state index contributed by atoms with van der Waals surface area (Å²) in [4.78, 5) is 16.0. The second kappa shape index (κ2) is 11.4. The normalized spacial score (nSPS) is 13.0. The Balaban J connectivity index is 2.37. The number of hydrogen-bond acceptors (Lipinski definition) is 4. The van der Waals surface area contributed by atoms with E-state index in [1.54, 1.807) is 0 Å². The molecule has 7 heteroatoms. The molecule has 1 atom stereocenters. The summed E-state index contributed by atoms with van der Waals surface area (Å²) in [7, 11) is 0. The van der Waals surface area contributed by atoms with Gasteiger partial charge >= 0.3 is 6.09 Å². The van der Waals surface area contributed by atoms with Crippen LogP contribution in [-0.4, -0.2) is 48.9 Å². The number of nitrogens with one attached hydrogen (secondary N) is 3. The van der Waals surface area contributed by atoms with Gasteiger partial charge in [0.2, 0.25) is 0 Å². The number of aliphatic hydroxyl groups excluding tert-OH is 1. The Labute approximate surface area is 162 Å². The van der Waals surface area contributed by atoms with Gasteiger partial charge in [-0.15, -0.1) is 0 Å². The Kier molecular flexibility index (Phi) is 9.64. The number of aliphatic hydroxyl groups is 1. The molecule has 0 fully saturated rings. The Bertz CT molecular complexity index is 594. The van der Waals surface area contributed by atoms with Gasteiger partial charge in [-0.1, -0.05) is 29.8 Å². The van der Waals surface area contributed by atoms with Gasteiger partial charge in [-0.05, 0) is 46.6 Å². The summed E-state index contributed by atoms with van der Waals surface area (Å²) >= 11 is 0. The molecule has 27 heavy (non-hydrogen) atoms. The highest BCUT2D eigenvalue weighted by molar-refractivity contribution is 5.79. The van der Waals surface area contributed by atoms with Crippen LogP contribution in [0.3, 0.4) is 0 Å². The maximum absolute atomic E-state index is 11.6. The van der Waals surface area contributed by atoms with E-state index in [9.17, 15) is 9.90 Å². The van der Waals surface area contributed by atoms with E-state index < -0.39 is 17.8 Å². The van der Waals surface area contributed by atoms with Crippen LogP contribution in [0.15, 0.2) is 29.3 Å². The topological polar surface area (TPSA) is 95.0 Å². The number of nitrogens with zero attached hydrogens (tertiary/aromatic N) is 1. The molecule has 0 heterocycles. The predicted octanol–water partition coefficient (Wildman–Crippen LogP) is 2.50. The van der Waals surface area contributed by atoms with Crippen molar-refractivity contribution in [2.24, 2.45) is 4.99 Å². The van der Waals surface area contributed by atoms with Gasteiger partial charge < -0.3 is 25.8 Å². The highest BCUT2D eigenvalue weighted by atomic mass is 16.6. The molecule has 0 aliphatic rings. The minimum absolute atomic E-state index is 0.272. The first-order valence-electron chi connectivity index (χ1n) is 9.45. The summed E-state index contributed by atoms with van der Waals surface area (Å²) in [5, 5.41) is 19.3. The van der Waals surface area contributed by atoms with Crippen molar-refractivity contribution < 1.29 is 14.6 Å². The van der Waals surface area contributed by atoms with E-state index in [0.717, 1.165) is 24.1 Å². The number of aryl methyl sites for hydroxylation is 1. The maximum Gasteiger partial charge on any atom is 0.407 e. The molecule has 4 N–H and O–H groups in total. The monoisotopic (exact) mass is 378 g/mol. The van der Waals surface area contributed by atoms with Crippen LogP contribution in [0.5, 0.6) is 0 Å². The SMILES string of the molecule is CCNC(=NCC(O)c1ccc(C)cc1)NCCCNC(=O)OC(C)(C)C.